The molecule has 7 heteroatoms. The largest absolute Gasteiger partial charge is 0.339 e. The number of nitrogens with two attached hydrogens (primary N) is 1. The molecule has 2 rings (SSSR count). The zero-order valence-corrected chi connectivity index (χ0v) is 12.6. The molecule has 100 valence electrons. The van der Waals surface area contributed by atoms with Crippen LogP contribution < -0.4 is 16.6 Å². The lowest BCUT2D eigenvalue weighted by Gasteiger charge is -2.13. The number of halogens is 2. The van der Waals surface area contributed by atoms with Crippen LogP contribution >= 0.6 is 27.5 Å². The molecule has 4 N–H and O–H groups in total. The van der Waals surface area contributed by atoms with Crippen molar-refractivity contribution in [1.82, 2.24) is 9.97 Å². The van der Waals surface area contributed by atoms with Crippen LogP contribution in [0.15, 0.2) is 29.0 Å². The van der Waals surface area contributed by atoms with Crippen LogP contribution in [-0.2, 0) is 6.42 Å². The zero-order valence-electron chi connectivity index (χ0n) is 10.2. The van der Waals surface area contributed by atoms with Crippen molar-refractivity contribution in [3.05, 3.63) is 39.6 Å². The highest BCUT2D eigenvalue weighted by Gasteiger charge is 2.10. The second-order valence-corrected chi connectivity index (χ2v) is 5.12. The highest BCUT2D eigenvalue weighted by molar-refractivity contribution is 9.10. The first-order chi connectivity index (χ1) is 9.15. The smallest absolute Gasteiger partial charge is 0.148 e. The molecule has 19 heavy (non-hydrogen) atoms. The second-order valence-electron chi connectivity index (χ2n) is 3.80. The molecule has 0 amide bonds. The van der Waals surface area contributed by atoms with Crippen molar-refractivity contribution in [2.45, 2.75) is 13.3 Å². The average molecular weight is 343 g/mol. The van der Waals surface area contributed by atoms with Gasteiger partial charge in [-0.05, 0) is 24.6 Å². The Kier molecular flexibility index (Phi) is 4.57. The maximum atomic E-state index is 6.17. The lowest BCUT2D eigenvalue weighted by molar-refractivity contribution is 1.04. The molecule has 2 aromatic rings. The van der Waals surface area contributed by atoms with Crippen LogP contribution in [0.5, 0.6) is 0 Å². The Morgan fingerprint density at radius 3 is 2.68 bits per heavy atom. The summed E-state index contributed by atoms with van der Waals surface area (Å²) in [6.45, 7) is 2.01. The van der Waals surface area contributed by atoms with E-state index in [9.17, 15) is 0 Å². The predicted molar refractivity (Wildman–Crippen MR) is 81.7 cm³/mol. The van der Waals surface area contributed by atoms with Gasteiger partial charge in [0, 0.05) is 10.0 Å². The molecular weight excluding hydrogens is 330 g/mol. The fourth-order valence-corrected chi connectivity index (χ4v) is 2.42. The van der Waals surface area contributed by atoms with Gasteiger partial charge in [-0.1, -0.05) is 34.5 Å². The second kappa shape index (κ2) is 6.18. The van der Waals surface area contributed by atoms with Crippen LogP contribution in [0.1, 0.15) is 12.5 Å². The van der Waals surface area contributed by atoms with Gasteiger partial charge in [-0.3, -0.25) is 0 Å². The van der Waals surface area contributed by atoms with Gasteiger partial charge in [0.15, 0.2) is 0 Å². The third-order valence-electron chi connectivity index (χ3n) is 2.62. The summed E-state index contributed by atoms with van der Waals surface area (Å²) in [5.41, 5.74) is 4.25. The Morgan fingerprint density at radius 2 is 2.05 bits per heavy atom. The molecule has 0 spiro atoms. The molecule has 1 aromatic heterocycles. The van der Waals surface area contributed by atoms with Gasteiger partial charge in [-0.25, -0.2) is 15.8 Å². The minimum absolute atomic E-state index is 0.605. The van der Waals surface area contributed by atoms with Crippen molar-refractivity contribution in [3.63, 3.8) is 0 Å². The Morgan fingerprint density at radius 1 is 1.32 bits per heavy atom. The van der Waals surface area contributed by atoms with Gasteiger partial charge in [0.05, 0.1) is 10.7 Å². The number of hydrogen-bond acceptors (Lipinski definition) is 5. The Bertz CT molecular complexity index is 590. The predicted octanol–water partition coefficient (Wildman–Crippen LogP) is 3.48. The summed E-state index contributed by atoms with van der Waals surface area (Å²) in [4.78, 5) is 8.31. The van der Waals surface area contributed by atoms with E-state index < -0.39 is 0 Å². The first-order valence-electron chi connectivity index (χ1n) is 5.68. The fraction of sp³-hybridized carbons (Fsp3) is 0.167. The maximum Gasteiger partial charge on any atom is 0.148 e. The van der Waals surface area contributed by atoms with Crippen LogP contribution in [0, 0.1) is 0 Å². The molecule has 0 saturated carbocycles. The summed E-state index contributed by atoms with van der Waals surface area (Å²) in [7, 11) is 0. The van der Waals surface area contributed by atoms with Crippen molar-refractivity contribution < 1.29 is 0 Å². The molecule has 1 aromatic carbocycles. The number of hydrazine groups is 1. The Labute approximate surface area is 124 Å². The van der Waals surface area contributed by atoms with E-state index in [1.54, 1.807) is 0 Å². The van der Waals surface area contributed by atoms with Crippen molar-refractivity contribution in [2.75, 3.05) is 10.7 Å². The van der Waals surface area contributed by atoms with E-state index in [1.807, 2.05) is 25.1 Å². The summed E-state index contributed by atoms with van der Waals surface area (Å²) >= 11 is 9.54. The number of benzene rings is 1. The molecule has 0 unspecified atom stereocenters. The number of nitrogens with zero attached hydrogens (tertiary/aromatic N) is 2. The van der Waals surface area contributed by atoms with Gasteiger partial charge >= 0.3 is 0 Å². The summed E-state index contributed by atoms with van der Waals surface area (Å²) in [5, 5.41) is 3.80. The van der Waals surface area contributed by atoms with Gasteiger partial charge in [-0.15, -0.1) is 0 Å². The molecule has 0 aliphatic rings. The summed E-state index contributed by atoms with van der Waals surface area (Å²) in [6.07, 6.45) is 2.19. The van der Waals surface area contributed by atoms with E-state index >= 15 is 0 Å². The van der Waals surface area contributed by atoms with Crippen LogP contribution in [0.3, 0.4) is 0 Å². The molecule has 0 radical (unpaired) electrons. The van der Waals surface area contributed by atoms with E-state index in [4.69, 9.17) is 17.4 Å². The number of anilines is 3. The van der Waals surface area contributed by atoms with Crippen molar-refractivity contribution in [2.24, 2.45) is 5.84 Å². The number of aromatic nitrogens is 2. The topological polar surface area (TPSA) is 75.9 Å². The molecule has 0 aliphatic carbocycles. The Balaban J connectivity index is 2.37. The number of hydrogen-bond donors (Lipinski definition) is 3. The van der Waals surface area contributed by atoms with E-state index in [1.165, 1.54) is 6.33 Å². The third-order valence-corrected chi connectivity index (χ3v) is 3.43. The van der Waals surface area contributed by atoms with Crippen molar-refractivity contribution >= 4 is 44.9 Å². The standard InChI is InChI=1S/C12H13BrClN5/c1-2-8-11(16-6-17-12(8)19-15)18-10-4-3-7(13)5-9(10)14/h3-6H,2,15H2,1H3,(H2,16,17,18,19). The first-order valence-corrected chi connectivity index (χ1v) is 6.85. The van der Waals surface area contributed by atoms with Crippen molar-refractivity contribution in [1.29, 1.82) is 0 Å². The highest BCUT2D eigenvalue weighted by Crippen LogP contribution is 2.30. The minimum atomic E-state index is 0.605. The molecule has 0 aliphatic heterocycles. The molecule has 0 saturated heterocycles. The third kappa shape index (κ3) is 3.15. The van der Waals surface area contributed by atoms with Crippen LogP contribution in [0.25, 0.3) is 0 Å². The van der Waals surface area contributed by atoms with E-state index in [0.717, 1.165) is 22.1 Å². The van der Waals surface area contributed by atoms with Crippen molar-refractivity contribution in [3.8, 4) is 0 Å². The molecule has 5 nitrogen and oxygen atoms in total. The van der Waals surface area contributed by atoms with Crippen LogP contribution in [0.4, 0.5) is 17.3 Å². The van der Waals surface area contributed by atoms with Gasteiger partial charge in [0.1, 0.15) is 18.0 Å². The van der Waals surface area contributed by atoms with Gasteiger partial charge in [-0.2, -0.15) is 0 Å². The molecule has 1 heterocycles. The number of nitrogen functional groups attached to an aromatic ring is 1. The highest BCUT2D eigenvalue weighted by atomic mass is 79.9. The molecule has 0 bridgehead atoms. The van der Waals surface area contributed by atoms with Gasteiger partial charge in [0.25, 0.3) is 0 Å². The maximum absolute atomic E-state index is 6.17. The Hall–Kier alpha value is -1.37. The zero-order chi connectivity index (χ0) is 13.8. The number of nitrogens with one attached hydrogen (secondary N) is 2. The monoisotopic (exact) mass is 341 g/mol. The summed E-state index contributed by atoms with van der Waals surface area (Å²) in [6, 6.07) is 5.60. The SMILES string of the molecule is CCc1c(NN)ncnc1Nc1ccc(Br)cc1Cl. The lowest BCUT2D eigenvalue weighted by atomic mass is 10.2. The molecule has 0 fully saturated rings. The van der Waals surface area contributed by atoms with Crippen LogP contribution in [0.2, 0.25) is 5.02 Å². The van der Waals surface area contributed by atoms with Crippen LogP contribution in [-0.4, -0.2) is 9.97 Å². The quantitative estimate of drug-likeness (QED) is 0.586. The molecular formula is C12H13BrClN5. The minimum Gasteiger partial charge on any atom is -0.339 e. The number of rotatable bonds is 4. The van der Waals surface area contributed by atoms with E-state index in [-0.39, 0.29) is 0 Å². The normalized spacial score (nSPS) is 10.3. The summed E-state index contributed by atoms with van der Waals surface area (Å²) in [5.74, 6) is 6.73. The first kappa shape index (κ1) is 14.0. The van der Waals surface area contributed by atoms with Gasteiger partial charge in [0.2, 0.25) is 0 Å². The van der Waals surface area contributed by atoms with E-state index in [0.29, 0.717) is 16.7 Å². The molecule has 0 atom stereocenters. The van der Waals surface area contributed by atoms with Gasteiger partial charge < -0.3 is 10.7 Å². The van der Waals surface area contributed by atoms with E-state index in [2.05, 4.69) is 36.6 Å². The lowest BCUT2D eigenvalue weighted by Crippen LogP contribution is -2.13. The summed E-state index contributed by atoms with van der Waals surface area (Å²) < 4.78 is 0.922. The fourth-order valence-electron chi connectivity index (χ4n) is 1.70. The average Bonchev–Trinajstić information content (AvgIpc) is 2.41.